The van der Waals surface area contributed by atoms with Gasteiger partial charge in [0.2, 0.25) is 5.13 Å². The minimum absolute atomic E-state index is 0.0872. The molecule has 0 amide bonds. The van der Waals surface area contributed by atoms with Crippen LogP contribution in [0.2, 0.25) is 0 Å². The molecule has 1 heterocycles. The molecule has 0 spiro atoms. The van der Waals surface area contributed by atoms with Gasteiger partial charge >= 0.3 is 0 Å². The summed E-state index contributed by atoms with van der Waals surface area (Å²) in [4.78, 5) is 17.4. The molecule has 2 unspecified atom stereocenters. The maximum atomic E-state index is 13.8. The van der Waals surface area contributed by atoms with Crippen LogP contribution in [0, 0.1) is 5.82 Å². The summed E-state index contributed by atoms with van der Waals surface area (Å²) in [6.07, 6.45) is 0.725. The Morgan fingerprint density at radius 2 is 1.97 bits per heavy atom. The summed E-state index contributed by atoms with van der Waals surface area (Å²) in [6.45, 7) is 1.85. The topological polar surface area (TPSA) is 90.1 Å². The first-order valence-corrected chi connectivity index (χ1v) is 10.00. The Bertz CT molecular complexity index is 959. The van der Waals surface area contributed by atoms with Gasteiger partial charge in [0.15, 0.2) is 5.78 Å². The molecule has 29 heavy (non-hydrogen) atoms. The van der Waals surface area contributed by atoms with Gasteiger partial charge in [0, 0.05) is 29.6 Å². The molecule has 0 aliphatic carbocycles. The second kappa shape index (κ2) is 9.58. The van der Waals surface area contributed by atoms with Gasteiger partial charge in [-0.1, -0.05) is 18.2 Å². The van der Waals surface area contributed by atoms with E-state index < -0.39 is 6.04 Å². The maximum absolute atomic E-state index is 13.8. The average Bonchev–Trinajstić information content (AvgIpc) is 3.15. The molecule has 2 aromatic carbocycles. The third-order valence-electron chi connectivity index (χ3n) is 4.37. The van der Waals surface area contributed by atoms with E-state index in [9.17, 15) is 9.18 Å². The number of aromatic nitrogens is 2. The molecule has 0 fully saturated rings. The van der Waals surface area contributed by atoms with Crippen LogP contribution in [0.5, 0.6) is 5.75 Å². The zero-order chi connectivity index (χ0) is 20.8. The lowest BCUT2D eigenvalue weighted by molar-refractivity contribution is 0.0963. The number of ketones is 1. The summed E-state index contributed by atoms with van der Waals surface area (Å²) in [5.74, 6) is 0.802. The molecule has 6 nitrogen and oxygen atoms in total. The van der Waals surface area contributed by atoms with Crippen molar-refractivity contribution in [3.05, 3.63) is 71.3 Å². The number of Topliss-reactive ketones (excluding diaryl/α,β-unsaturated/α-hetero) is 1. The zero-order valence-corrected chi connectivity index (χ0v) is 17.1. The molecule has 1 aromatic heterocycles. The quantitative estimate of drug-likeness (QED) is 0.519. The number of rotatable bonds is 9. The first kappa shape index (κ1) is 20.9. The fourth-order valence-electron chi connectivity index (χ4n) is 2.91. The molecule has 0 aliphatic rings. The van der Waals surface area contributed by atoms with E-state index in [1.165, 1.54) is 6.07 Å². The number of methoxy groups -OCH3 is 1. The highest BCUT2D eigenvalue weighted by molar-refractivity contribution is 7.09. The number of nitrogens with two attached hydrogens (primary N) is 1. The van der Waals surface area contributed by atoms with E-state index in [2.05, 4.69) is 14.7 Å². The number of ether oxygens (including phenoxy) is 1. The van der Waals surface area contributed by atoms with Crippen molar-refractivity contribution in [3.8, 4) is 5.75 Å². The van der Waals surface area contributed by atoms with Gasteiger partial charge in [-0.25, -0.2) is 9.37 Å². The predicted molar refractivity (Wildman–Crippen MR) is 112 cm³/mol. The van der Waals surface area contributed by atoms with Gasteiger partial charge < -0.3 is 15.8 Å². The van der Waals surface area contributed by atoms with Crippen molar-refractivity contribution in [2.45, 2.75) is 31.8 Å². The van der Waals surface area contributed by atoms with Gasteiger partial charge in [0.1, 0.15) is 17.4 Å². The maximum Gasteiger partial charge on any atom is 0.203 e. The van der Waals surface area contributed by atoms with E-state index in [0.717, 1.165) is 11.5 Å². The van der Waals surface area contributed by atoms with Crippen molar-refractivity contribution in [2.75, 3.05) is 12.4 Å². The number of carbonyl (C=O) groups is 1. The van der Waals surface area contributed by atoms with E-state index in [-0.39, 0.29) is 24.1 Å². The number of anilines is 1. The van der Waals surface area contributed by atoms with Gasteiger partial charge in [0.25, 0.3) is 0 Å². The summed E-state index contributed by atoms with van der Waals surface area (Å²) in [5.41, 5.74) is 7.03. The Balaban J connectivity index is 1.74. The summed E-state index contributed by atoms with van der Waals surface area (Å²) in [6, 6.07) is 12.7. The standard InChI is InChI=1S/C21H23FN4O2S/c1-13(23)11-18(20(27)14-7-9-16(28-2)10-8-14)24-21-25-19(26-29-21)12-15-5-3-4-6-17(15)22/h3-10,13,18H,11-12,23H2,1-2H3,(H,24,25,26). The van der Waals surface area contributed by atoms with Crippen molar-refractivity contribution < 1.29 is 13.9 Å². The van der Waals surface area contributed by atoms with Gasteiger partial charge in [0.05, 0.1) is 13.2 Å². The van der Waals surface area contributed by atoms with Crippen LogP contribution in [0.1, 0.15) is 35.1 Å². The summed E-state index contributed by atoms with van der Waals surface area (Å²) in [5, 5.41) is 3.65. The highest BCUT2D eigenvalue weighted by Crippen LogP contribution is 2.20. The number of benzene rings is 2. The number of carbonyl (C=O) groups excluding carboxylic acids is 1. The monoisotopic (exact) mass is 414 g/mol. The number of hydrogen-bond acceptors (Lipinski definition) is 7. The third kappa shape index (κ3) is 5.58. The SMILES string of the molecule is COc1ccc(C(=O)C(CC(C)N)Nc2nc(Cc3ccccc3F)ns2)cc1. The highest BCUT2D eigenvalue weighted by atomic mass is 32.1. The number of hydrogen-bond donors (Lipinski definition) is 2. The lowest BCUT2D eigenvalue weighted by Crippen LogP contribution is -2.35. The lowest BCUT2D eigenvalue weighted by atomic mass is 9.99. The highest BCUT2D eigenvalue weighted by Gasteiger charge is 2.23. The molecule has 3 N–H and O–H groups in total. The Morgan fingerprint density at radius 1 is 1.24 bits per heavy atom. The Morgan fingerprint density at radius 3 is 2.62 bits per heavy atom. The zero-order valence-electron chi connectivity index (χ0n) is 16.3. The van der Waals surface area contributed by atoms with Crippen molar-refractivity contribution in [1.82, 2.24) is 9.36 Å². The molecule has 0 radical (unpaired) electrons. The van der Waals surface area contributed by atoms with Gasteiger partial charge in [-0.3, -0.25) is 4.79 Å². The van der Waals surface area contributed by atoms with E-state index in [4.69, 9.17) is 10.5 Å². The van der Waals surface area contributed by atoms with Crippen LogP contribution in [0.3, 0.4) is 0 Å². The Kier molecular flexibility index (Phi) is 6.90. The minimum atomic E-state index is -0.544. The molecule has 0 aliphatic heterocycles. The molecular formula is C21H23FN4O2S. The van der Waals surface area contributed by atoms with Crippen molar-refractivity contribution in [1.29, 1.82) is 0 Å². The number of nitrogens with one attached hydrogen (secondary N) is 1. The van der Waals surface area contributed by atoms with E-state index in [1.807, 2.05) is 6.92 Å². The molecule has 8 heteroatoms. The number of halogens is 1. The second-order valence-corrected chi connectivity index (χ2v) is 7.54. The molecule has 0 saturated carbocycles. The van der Waals surface area contributed by atoms with Crippen LogP contribution < -0.4 is 15.8 Å². The molecular weight excluding hydrogens is 391 g/mol. The lowest BCUT2D eigenvalue weighted by Gasteiger charge is -2.19. The van der Waals surface area contributed by atoms with E-state index in [1.54, 1.807) is 49.6 Å². The summed E-state index contributed by atoms with van der Waals surface area (Å²) >= 11 is 1.14. The van der Waals surface area contributed by atoms with Crippen LogP contribution in [0.25, 0.3) is 0 Å². The van der Waals surface area contributed by atoms with Crippen LogP contribution in [0.4, 0.5) is 9.52 Å². The summed E-state index contributed by atoms with van der Waals surface area (Å²) in [7, 11) is 1.58. The first-order chi connectivity index (χ1) is 14.0. The molecule has 3 aromatic rings. The largest absolute Gasteiger partial charge is 0.497 e. The second-order valence-electron chi connectivity index (χ2n) is 6.79. The van der Waals surface area contributed by atoms with Gasteiger partial charge in [-0.05, 0) is 49.2 Å². The fourth-order valence-corrected chi connectivity index (χ4v) is 3.54. The number of nitrogens with zero attached hydrogens (tertiary/aromatic N) is 2. The smallest absolute Gasteiger partial charge is 0.203 e. The first-order valence-electron chi connectivity index (χ1n) is 9.22. The Hall–Kier alpha value is -2.84. The summed E-state index contributed by atoms with van der Waals surface area (Å²) < 4.78 is 23.3. The minimum Gasteiger partial charge on any atom is -0.497 e. The van der Waals surface area contributed by atoms with Gasteiger partial charge in [-0.2, -0.15) is 4.37 Å². The van der Waals surface area contributed by atoms with Crippen molar-refractivity contribution >= 4 is 22.4 Å². The molecule has 2 atom stereocenters. The van der Waals surface area contributed by atoms with Crippen molar-refractivity contribution in [2.24, 2.45) is 5.73 Å². The van der Waals surface area contributed by atoms with Crippen LogP contribution in [-0.4, -0.2) is 34.3 Å². The Labute approximate surface area is 173 Å². The van der Waals surface area contributed by atoms with Crippen molar-refractivity contribution in [3.63, 3.8) is 0 Å². The fraction of sp³-hybridized carbons (Fsp3) is 0.286. The average molecular weight is 415 g/mol. The van der Waals surface area contributed by atoms with Gasteiger partial charge in [-0.15, -0.1) is 0 Å². The van der Waals surface area contributed by atoms with Crippen LogP contribution in [-0.2, 0) is 6.42 Å². The molecule has 3 rings (SSSR count). The van der Waals surface area contributed by atoms with E-state index in [0.29, 0.717) is 34.3 Å². The molecule has 0 saturated heterocycles. The van der Waals surface area contributed by atoms with Crippen LogP contribution >= 0.6 is 11.5 Å². The normalized spacial score (nSPS) is 13.0. The molecule has 0 bridgehead atoms. The third-order valence-corrected chi connectivity index (χ3v) is 5.05. The van der Waals surface area contributed by atoms with E-state index >= 15 is 0 Å². The molecule has 152 valence electrons. The van der Waals surface area contributed by atoms with Crippen LogP contribution in [0.15, 0.2) is 48.5 Å². The predicted octanol–water partition coefficient (Wildman–Crippen LogP) is 3.68.